The quantitative estimate of drug-likeness (QED) is 0.732. The van der Waals surface area contributed by atoms with Gasteiger partial charge in [0.2, 0.25) is 0 Å². The summed E-state index contributed by atoms with van der Waals surface area (Å²) in [7, 11) is -1.71. The molecule has 10 heteroatoms. The van der Waals surface area contributed by atoms with E-state index in [2.05, 4.69) is 4.52 Å². The van der Waals surface area contributed by atoms with Gasteiger partial charge in [0.1, 0.15) is 17.8 Å². The molecule has 0 amide bonds. The Morgan fingerprint density at radius 1 is 1.48 bits per heavy atom. The SMILES string of the molecule is COC[C@@]12CO[C@H](C(n3ccccc3=O)O1)[C@@H]2OP(=O)(O)OC. The van der Waals surface area contributed by atoms with Crippen molar-refractivity contribution < 1.29 is 32.7 Å². The second-order valence-corrected chi connectivity index (χ2v) is 6.92. The van der Waals surface area contributed by atoms with Crippen LogP contribution in [0.4, 0.5) is 0 Å². The number of pyridine rings is 1. The van der Waals surface area contributed by atoms with Crippen molar-refractivity contribution in [2.75, 3.05) is 27.4 Å². The fraction of sp³-hybridized carbons (Fsp3) is 0.615. The number of methoxy groups -OCH3 is 1. The number of hydrogen-bond acceptors (Lipinski definition) is 7. The largest absolute Gasteiger partial charge is 0.472 e. The van der Waals surface area contributed by atoms with Crippen LogP contribution in [0.15, 0.2) is 29.2 Å². The molecule has 1 aromatic rings. The smallest absolute Gasteiger partial charge is 0.381 e. The maximum atomic E-state index is 12.0. The van der Waals surface area contributed by atoms with Crippen molar-refractivity contribution in [3.63, 3.8) is 0 Å². The highest BCUT2D eigenvalue weighted by atomic mass is 31.2. The Labute approximate surface area is 132 Å². The summed E-state index contributed by atoms with van der Waals surface area (Å²) in [4.78, 5) is 21.7. The first-order valence-corrected chi connectivity index (χ1v) is 8.44. The summed E-state index contributed by atoms with van der Waals surface area (Å²) in [5.41, 5.74) is -1.37. The van der Waals surface area contributed by atoms with Crippen LogP contribution in [0.5, 0.6) is 0 Å². The van der Waals surface area contributed by atoms with E-state index in [4.69, 9.17) is 18.7 Å². The fourth-order valence-corrected chi connectivity index (χ4v) is 3.64. The molecule has 2 aliphatic heterocycles. The van der Waals surface area contributed by atoms with Crippen molar-refractivity contribution in [2.24, 2.45) is 0 Å². The molecule has 2 saturated heterocycles. The van der Waals surface area contributed by atoms with Crippen LogP contribution in [0.3, 0.4) is 0 Å². The summed E-state index contributed by atoms with van der Waals surface area (Å²) in [5.74, 6) is 0. The Balaban J connectivity index is 1.95. The number of fused-ring (bicyclic) bond motifs is 2. The molecular weight excluding hydrogens is 329 g/mol. The maximum Gasteiger partial charge on any atom is 0.472 e. The molecule has 9 nitrogen and oxygen atoms in total. The predicted octanol–water partition coefficient (Wildman–Crippen LogP) is 0.293. The standard InChI is InChI=1S/C13H18NO8P/c1-18-7-13-8-20-10(11(13)22-23(16,17)19-2)12(21-13)14-6-4-3-5-9(14)15/h3-6,10-12H,7-8H2,1-2H3,(H,16,17)/t10-,11-,12?,13-/m0/s1. The van der Waals surface area contributed by atoms with Gasteiger partial charge in [-0.2, -0.15) is 0 Å². The van der Waals surface area contributed by atoms with Crippen LogP contribution < -0.4 is 5.56 Å². The number of rotatable bonds is 6. The molecule has 3 rings (SSSR count). The van der Waals surface area contributed by atoms with E-state index in [1.54, 1.807) is 18.3 Å². The molecule has 0 radical (unpaired) electrons. The molecule has 3 heterocycles. The molecule has 0 spiro atoms. The molecule has 1 N–H and O–H groups in total. The number of aromatic nitrogens is 1. The van der Waals surface area contributed by atoms with Gasteiger partial charge in [-0.1, -0.05) is 6.07 Å². The Hall–Kier alpha value is -1.06. The van der Waals surface area contributed by atoms with Gasteiger partial charge in [-0.05, 0) is 6.07 Å². The molecule has 0 saturated carbocycles. The topological polar surface area (TPSA) is 105 Å². The van der Waals surface area contributed by atoms with E-state index < -0.39 is 31.9 Å². The third-order valence-corrected chi connectivity index (χ3v) is 4.92. The van der Waals surface area contributed by atoms with Crippen LogP contribution in [0.25, 0.3) is 0 Å². The van der Waals surface area contributed by atoms with Gasteiger partial charge in [-0.15, -0.1) is 0 Å². The molecule has 128 valence electrons. The molecule has 2 bridgehead atoms. The normalized spacial score (nSPS) is 35.3. The highest BCUT2D eigenvalue weighted by Gasteiger charge is 2.64. The van der Waals surface area contributed by atoms with Crippen LogP contribution in [0.2, 0.25) is 0 Å². The van der Waals surface area contributed by atoms with Gasteiger partial charge >= 0.3 is 7.82 Å². The van der Waals surface area contributed by atoms with Gasteiger partial charge in [0.15, 0.2) is 6.23 Å². The van der Waals surface area contributed by atoms with E-state index in [0.29, 0.717) is 0 Å². The zero-order valence-corrected chi connectivity index (χ0v) is 13.5. The molecular formula is C13H18NO8P. The lowest BCUT2D eigenvalue weighted by Crippen LogP contribution is -2.45. The minimum Gasteiger partial charge on any atom is -0.381 e. The van der Waals surface area contributed by atoms with E-state index in [1.165, 1.54) is 17.7 Å². The van der Waals surface area contributed by atoms with Crippen LogP contribution in [-0.2, 0) is 27.8 Å². The van der Waals surface area contributed by atoms with Crippen LogP contribution in [0, 0.1) is 0 Å². The Morgan fingerprint density at radius 3 is 2.91 bits per heavy atom. The lowest BCUT2D eigenvalue weighted by atomic mass is 10.0. The minimum absolute atomic E-state index is 0.0793. The van der Waals surface area contributed by atoms with Crippen LogP contribution >= 0.6 is 7.82 Å². The molecule has 0 aromatic carbocycles. The van der Waals surface area contributed by atoms with Gasteiger partial charge in [0.05, 0.1) is 13.2 Å². The lowest BCUT2D eigenvalue weighted by Gasteiger charge is -2.31. The Kier molecular flexibility index (Phi) is 4.45. The monoisotopic (exact) mass is 347 g/mol. The first-order chi connectivity index (χ1) is 10.9. The lowest BCUT2D eigenvalue weighted by molar-refractivity contribution is -0.190. The number of nitrogens with zero attached hydrogens (tertiary/aromatic N) is 1. The third kappa shape index (κ3) is 2.89. The first kappa shape index (κ1) is 16.8. The van der Waals surface area contributed by atoms with E-state index in [1.807, 2.05) is 0 Å². The van der Waals surface area contributed by atoms with Gasteiger partial charge in [0, 0.05) is 26.5 Å². The second kappa shape index (κ2) is 6.10. The van der Waals surface area contributed by atoms with E-state index >= 15 is 0 Å². The van der Waals surface area contributed by atoms with Crippen molar-refractivity contribution >= 4 is 7.82 Å². The Morgan fingerprint density at radius 2 is 2.26 bits per heavy atom. The summed E-state index contributed by atoms with van der Waals surface area (Å²) in [5, 5.41) is 0. The second-order valence-electron chi connectivity index (χ2n) is 5.41. The maximum absolute atomic E-state index is 12.0. The van der Waals surface area contributed by atoms with Crippen molar-refractivity contribution in [1.29, 1.82) is 0 Å². The third-order valence-electron chi connectivity index (χ3n) is 3.96. The van der Waals surface area contributed by atoms with E-state index in [-0.39, 0.29) is 18.8 Å². The van der Waals surface area contributed by atoms with Crippen LogP contribution in [0.1, 0.15) is 6.23 Å². The fourth-order valence-electron chi connectivity index (χ4n) is 2.96. The molecule has 2 aliphatic rings. The number of phosphoric ester groups is 1. The average Bonchev–Trinajstić information content (AvgIpc) is 2.99. The molecule has 23 heavy (non-hydrogen) atoms. The zero-order chi connectivity index (χ0) is 16.7. The first-order valence-electron chi connectivity index (χ1n) is 6.95. The number of ether oxygens (including phenoxy) is 3. The van der Waals surface area contributed by atoms with E-state index in [0.717, 1.165) is 7.11 Å². The summed E-state index contributed by atoms with van der Waals surface area (Å²) in [6, 6.07) is 4.68. The summed E-state index contributed by atoms with van der Waals surface area (Å²) in [6.45, 7) is 0.202. The predicted molar refractivity (Wildman–Crippen MR) is 76.9 cm³/mol. The summed E-state index contributed by atoms with van der Waals surface area (Å²) < 4.78 is 39.6. The van der Waals surface area contributed by atoms with Gasteiger partial charge < -0.3 is 19.1 Å². The number of phosphoric acid groups is 1. The van der Waals surface area contributed by atoms with Crippen molar-refractivity contribution in [3.05, 3.63) is 34.7 Å². The van der Waals surface area contributed by atoms with Crippen molar-refractivity contribution in [1.82, 2.24) is 4.57 Å². The Bertz CT molecular complexity index is 678. The molecule has 5 atom stereocenters. The van der Waals surface area contributed by atoms with E-state index in [9.17, 15) is 14.3 Å². The summed E-state index contributed by atoms with van der Waals surface area (Å²) >= 11 is 0. The highest BCUT2D eigenvalue weighted by Crippen LogP contribution is 2.54. The highest BCUT2D eigenvalue weighted by molar-refractivity contribution is 7.47. The van der Waals surface area contributed by atoms with Gasteiger partial charge in [-0.3, -0.25) is 18.4 Å². The van der Waals surface area contributed by atoms with Crippen molar-refractivity contribution in [2.45, 2.75) is 24.0 Å². The number of hydrogen-bond donors (Lipinski definition) is 1. The molecule has 0 aliphatic carbocycles. The molecule has 2 fully saturated rings. The van der Waals surface area contributed by atoms with Gasteiger partial charge in [-0.25, -0.2) is 4.57 Å². The zero-order valence-electron chi connectivity index (χ0n) is 12.7. The molecule has 1 aromatic heterocycles. The summed E-state index contributed by atoms with van der Waals surface area (Å²) in [6.07, 6.45) is -0.866. The van der Waals surface area contributed by atoms with Crippen molar-refractivity contribution in [3.8, 4) is 0 Å². The minimum atomic E-state index is -4.26. The molecule has 2 unspecified atom stereocenters. The average molecular weight is 347 g/mol. The van der Waals surface area contributed by atoms with Crippen LogP contribution in [-0.4, -0.2) is 54.7 Å². The van der Waals surface area contributed by atoms with Gasteiger partial charge in [0.25, 0.3) is 5.56 Å².